The second-order valence-corrected chi connectivity index (χ2v) is 5.24. The van der Waals surface area contributed by atoms with Crippen molar-refractivity contribution in [2.24, 2.45) is 0 Å². The Bertz CT molecular complexity index is 456. The van der Waals surface area contributed by atoms with E-state index in [-0.39, 0.29) is 5.69 Å². The highest BCUT2D eigenvalue weighted by Gasteiger charge is 2.12. The summed E-state index contributed by atoms with van der Waals surface area (Å²) in [5.41, 5.74) is 0.526. The molecule has 2 rings (SSSR count). The third-order valence-corrected chi connectivity index (χ3v) is 3.69. The van der Waals surface area contributed by atoms with Gasteiger partial charge in [-0.3, -0.25) is 10.1 Å². The molecular formula is C14H22N4O2. The van der Waals surface area contributed by atoms with Gasteiger partial charge in [-0.2, -0.15) is 0 Å². The lowest BCUT2D eigenvalue weighted by Crippen LogP contribution is -2.30. The molecule has 1 aromatic rings. The maximum atomic E-state index is 10.7. The van der Waals surface area contributed by atoms with Gasteiger partial charge in [0.25, 0.3) is 5.69 Å². The van der Waals surface area contributed by atoms with Crippen LogP contribution in [-0.4, -0.2) is 41.0 Å². The maximum Gasteiger partial charge on any atom is 0.290 e. The average Bonchev–Trinajstić information content (AvgIpc) is 2.67. The first-order valence-corrected chi connectivity index (χ1v) is 7.25. The molecule has 0 aromatic carbocycles. The molecule has 6 heteroatoms. The third-order valence-electron chi connectivity index (χ3n) is 3.69. The number of nitrogens with one attached hydrogen (secondary N) is 1. The molecule has 0 atom stereocenters. The zero-order chi connectivity index (χ0) is 14.4. The van der Waals surface area contributed by atoms with Crippen LogP contribution >= 0.6 is 0 Å². The summed E-state index contributed by atoms with van der Waals surface area (Å²) in [6, 6.07) is 3.18. The number of nitro groups is 1. The SMILES string of the molecule is Cc1nc(NCCN2CCCCCC2)ccc1[N+](=O)[O-]. The summed E-state index contributed by atoms with van der Waals surface area (Å²) in [7, 11) is 0. The van der Waals surface area contributed by atoms with Crippen LogP contribution in [0.25, 0.3) is 0 Å². The Hall–Kier alpha value is -1.69. The van der Waals surface area contributed by atoms with Crippen LogP contribution in [-0.2, 0) is 0 Å². The monoisotopic (exact) mass is 278 g/mol. The fourth-order valence-corrected chi connectivity index (χ4v) is 2.55. The Balaban J connectivity index is 1.81. The third kappa shape index (κ3) is 4.16. The van der Waals surface area contributed by atoms with Gasteiger partial charge in [0.15, 0.2) is 0 Å². The maximum absolute atomic E-state index is 10.7. The molecule has 1 saturated heterocycles. The van der Waals surface area contributed by atoms with E-state index in [0.29, 0.717) is 11.5 Å². The van der Waals surface area contributed by atoms with Crippen molar-refractivity contribution in [3.05, 3.63) is 27.9 Å². The van der Waals surface area contributed by atoms with Gasteiger partial charge in [-0.1, -0.05) is 12.8 Å². The molecule has 0 radical (unpaired) electrons. The number of rotatable bonds is 5. The Morgan fingerprint density at radius 1 is 1.30 bits per heavy atom. The van der Waals surface area contributed by atoms with Gasteiger partial charge in [0.1, 0.15) is 11.5 Å². The van der Waals surface area contributed by atoms with E-state index in [0.717, 1.165) is 13.1 Å². The van der Waals surface area contributed by atoms with Gasteiger partial charge in [0.2, 0.25) is 0 Å². The van der Waals surface area contributed by atoms with Gasteiger partial charge in [-0.15, -0.1) is 0 Å². The minimum Gasteiger partial charge on any atom is -0.369 e. The second kappa shape index (κ2) is 7.19. The highest BCUT2D eigenvalue weighted by atomic mass is 16.6. The topological polar surface area (TPSA) is 71.3 Å². The molecule has 1 N–H and O–H groups in total. The summed E-state index contributed by atoms with van der Waals surface area (Å²) < 4.78 is 0. The summed E-state index contributed by atoms with van der Waals surface area (Å²) in [5.74, 6) is 0.711. The molecule has 0 amide bonds. The minimum atomic E-state index is -0.399. The van der Waals surface area contributed by atoms with Crippen LogP contribution in [0.15, 0.2) is 12.1 Å². The van der Waals surface area contributed by atoms with E-state index < -0.39 is 4.92 Å². The van der Waals surface area contributed by atoms with Crippen LogP contribution in [0.1, 0.15) is 31.4 Å². The lowest BCUT2D eigenvalue weighted by Gasteiger charge is -2.19. The summed E-state index contributed by atoms with van der Waals surface area (Å²) in [6.07, 6.45) is 5.25. The molecule has 20 heavy (non-hydrogen) atoms. The average molecular weight is 278 g/mol. The number of hydrogen-bond donors (Lipinski definition) is 1. The zero-order valence-electron chi connectivity index (χ0n) is 12.0. The largest absolute Gasteiger partial charge is 0.369 e. The molecular weight excluding hydrogens is 256 g/mol. The molecule has 0 saturated carbocycles. The lowest BCUT2D eigenvalue weighted by atomic mass is 10.2. The predicted molar refractivity (Wildman–Crippen MR) is 79.0 cm³/mol. The summed E-state index contributed by atoms with van der Waals surface area (Å²) in [4.78, 5) is 17.0. The molecule has 0 aliphatic carbocycles. The number of pyridine rings is 1. The molecule has 0 bridgehead atoms. The summed E-state index contributed by atoms with van der Waals surface area (Å²) >= 11 is 0. The van der Waals surface area contributed by atoms with Crippen molar-refractivity contribution in [1.82, 2.24) is 9.88 Å². The van der Waals surface area contributed by atoms with Gasteiger partial charge in [0, 0.05) is 19.2 Å². The second-order valence-electron chi connectivity index (χ2n) is 5.24. The van der Waals surface area contributed by atoms with Crippen LogP contribution < -0.4 is 5.32 Å². The van der Waals surface area contributed by atoms with Crippen molar-refractivity contribution in [3.8, 4) is 0 Å². The number of aryl methyl sites for hydroxylation is 1. The zero-order valence-corrected chi connectivity index (χ0v) is 12.0. The normalized spacial score (nSPS) is 16.6. The van der Waals surface area contributed by atoms with E-state index in [1.54, 1.807) is 13.0 Å². The van der Waals surface area contributed by atoms with Gasteiger partial charge in [-0.05, 0) is 38.9 Å². The van der Waals surface area contributed by atoms with E-state index in [2.05, 4.69) is 15.2 Å². The number of aromatic nitrogens is 1. The van der Waals surface area contributed by atoms with Crippen molar-refractivity contribution in [2.75, 3.05) is 31.5 Å². The number of hydrogen-bond acceptors (Lipinski definition) is 5. The van der Waals surface area contributed by atoms with Crippen LogP contribution in [0.5, 0.6) is 0 Å². The van der Waals surface area contributed by atoms with E-state index in [1.807, 2.05) is 0 Å². The standard InChI is InChI=1S/C14H22N4O2/c1-12-13(18(19)20)6-7-14(16-12)15-8-11-17-9-4-2-3-5-10-17/h6-7H,2-5,8-11H2,1H3,(H,15,16). The van der Waals surface area contributed by atoms with E-state index in [9.17, 15) is 10.1 Å². The summed E-state index contributed by atoms with van der Waals surface area (Å²) in [6.45, 7) is 5.84. The molecule has 1 fully saturated rings. The first kappa shape index (κ1) is 14.7. The smallest absolute Gasteiger partial charge is 0.290 e. The van der Waals surface area contributed by atoms with Crippen LogP contribution in [0.3, 0.4) is 0 Å². The fourth-order valence-electron chi connectivity index (χ4n) is 2.55. The van der Waals surface area contributed by atoms with E-state index in [1.165, 1.54) is 44.8 Å². The van der Waals surface area contributed by atoms with Crippen LogP contribution in [0.2, 0.25) is 0 Å². The Morgan fingerprint density at radius 3 is 2.60 bits per heavy atom. The molecule has 1 aromatic heterocycles. The van der Waals surface area contributed by atoms with Crippen molar-refractivity contribution in [1.29, 1.82) is 0 Å². The van der Waals surface area contributed by atoms with Crippen molar-refractivity contribution in [3.63, 3.8) is 0 Å². The molecule has 0 unspecified atom stereocenters. The first-order valence-electron chi connectivity index (χ1n) is 7.25. The quantitative estimate of drug-likeness (QED) is 0.662. The van der Waals surface area contributed by atoms with Gasteiger partial charge >= 0.3 is 0 Å². The number of nitrogens with zero attached hydrogens (tertiary/aromatic N) is 3. The highest BCUT2D eigenvalue weighted by Crippen LogP contribution is 2.17. The van der Waals surface area contributed by atoms with Crippen molar-refractivity contribution < 1.29 is 4.92 Å². The predicted octanol–water partition coefficient (Wildman–Crippen LogP) is 2.59. The number of likely N-dealkylation sites (tertiary alicyclic amines) is 1. The molecule has 2 heterocycles. The lowest BCUT2D eigenvalue weighted by molar-refractivity contribution is -0.385. The van der Waals surface area contributed by atoms with E-state index in [4.69, 9.17) is 0 Å². The Labute approximate surface area is 119 Å². The van der Waals surface area contributed by atoms with Crippen LogP contribution in [0, 0.1) is 17.0 Å². The van der Waals surface area contributed by atoms with Gasteiger partial charge in [0.05, 0.1) is 4.92 Å². The molecule has 1 aliphatic rings. The molecule has 0 spiro atoms. The fraction of sp³-hybridized carbons (Fsp3) is 0.643. The minimum absolute atomic E-state index is 0.0723. The molecule has 1 aliphatic heterocycles. The molecule has 110 valence electrons. The van der Waals surface area contributed by atoms with Gasteiger partial charge < -0.3 is 10.2 Å². The molecule has 6 nitrogen and oxygen atoms in total. The number of anilines is 1. The highest BCUT2D eigenvalue weighted by molar-refractivity contribution is 5.44. The van der Waals surface area contributed by atoms with Crippen LogP contribution in [0.4, 0.5) is 11.5 Å². The first-order chi connectivity index (χ1) is 9.66. The Kier molecular flexibility index (Phi) is 5.29. The van der Waals surface area contributed by atoms with Crippen molar-refractivity contribution in [2.45, 2.75) is 32.6 Å². The van der Waals surface area contributed by atoms with Gasteiger partial charge in [-0.25, -0.2) is 4.98 Å². The van der Waals surface area contributed by atoms with E-state index >= 15 is 0 Å². The summed E-state index contributed by atoms with van der Waals surface area (Å²) in [5, 5.41) is 14.0. The van der Waals surface area contributed by atoms with Crippen molar-refractivity contribution >= 4 is 11.5 Å². The Morgan fingerprint density at radius 2 is 2.00 bits per heavy atom.